The summed E-state index contributed by atoms with van der Waals surface area (Å²) in [4.78, 5) is 15.8. The van der Waals surface area contributed by atoms with E-state index in [1.54, 1.807) is 0 Å². The summed E-state index contributed by atoms with van der Waals surface area (Å²) in [5.41, 5.74) is 4.10. The molecule has 0 saturated heterocycles. The predicted octanol–water partition coefficient (Wildman–Crippen LogP) is 4.62. The van der Waals surface area contributed by atoms with Gasteiger partial charge in [0.1, 0.15) is 5.38 Å². The number of carbonyl (C=O) groups is 1. The highest BCUT2D eigenvalue weighted by Gasteiger charge is 2.34. The first kappa shape index (κ1) is 12.7. The minimum absolute atomic E-state index is 0.339. The standard InChI is InChI=1S/C16H10Cl2N2O/c17-14-13-9-5-1-3-7-11(9)19-15(13)10-6-2-4-8-12(10)20(18)16(14)21/h1-8,14,19H. The van der Waals surface area contributed by atoms with Crippen molar-refractivity contribution in [2.45, 2.75) is 5.38 Å². The second-order valence-corrected chi connectivity index (χ2v) is 5.73. The van der Waals surface area contributed by atoms with Crippen LogP contribution in [0.4, 0.5) is 5.69 Å². The van der Waals surface area contributed by atoms with E-state index in [9.17, 15) is 4.79 Å². The molecule has 2 aromatic carbocycles. The third kappa shape index (κ3) is 1.71. The number of alkyl halides is 1. The minimum atomic E-state index is -0.818. The van der Waals surface area contributed by atoms with E-state index in [1.807, 2.05) is 48.5 Å². The van der Waals surface area contributed by atoms with E-state index in [0.29, 0.717) is 5.69 Å². The van der Waals surface area contributed by atoms with Gasteiger partial charge in [0, 0.05) is 33.8 Å². The van der Waals surface area contributed by atoms with Crippen LogP contribution in [0, 0.1) is 0 Å². The highest BCUT2D eigenvalue weighted by atomic mass is 35.5. The molecule has 3 aromatic rings. The second kappa shape index (κ2) is 4.52. The molecule has 0 aliphatic carbocycles. The molecule has 1 atom stereocenters. The quantitative estimate of drug-likeness (QED) is 0.477. The number of nitrogens with one attached hydrogen (secondary N) is 1. The van der Waals surface area contributed by atoms with Gasteiger partial charge in [-0.05, 0) is 12.1 Å². The van der Waals surface area contributed by atoms with Gasteiger partial charge in [-0.3, -0.25) is 4.79 Å². The molecule has 0 radical (unpaired) electrons. The number of aromatic nitrogens is 1. The van der Waals surface area contributed by atoms with Crippen LogP contribution in [-0.4, -0.2) is 10.9 Å². The van der Waals surface area contributed by atoms with Gasteiger partial charge in [-0.25, -0.2) is 4.42 Å². The normalized spacial score (nSPS) is 17.5. The molecule has 21 heavy (non-hydrogen) atoms. The molecule has 1 aliphatic rings. The predicted molar refractivity (Wildman–Crippen MR) is 85.7 cm³/mol. The number of fused-ring (bicyclic) bond motifs is 5. The Balaban J connectivity index is 2.15. The number of hydrogen-bond acceptors (Lipinski definition) is 1. The average molecular weight is 317 g/mol. The Labute approximate surface area is 131 Å². The summed E-state index contributed by atoms with van der Waals surface area (Å²) in [6.07, 6.45) is 0. The minimum Gasteiger partial charge on any atom is -0.354 e. The van der Waals surface area contributed by atoms with Crippen LogP contribution in [-0.2, 0) is 4.79 Å². The molecule has 5 heteroatoms. The maximum Gasteiger partial charge on any atom is 0.264 e. The highest BCUT2D eigenvalue weighted by molar-refractivity contribution is 6.45. The molecule has 0 saturated carbocycles. The zero-order valence-electron chi connectivity index (χ0n) is 10.8. The third-order valence-corrected chi connectivity index (χ3v) is 4.55. The molecular formula is C16H10Cl2N2O. The summed E-state index contributed by atoms with van der Waals surface area (Å²) in [6, 6.07) is 15.3. The lowest BCUT2D eigenvalue weighted by molar-refractivity contribution is -0.117. The number of hydrogen-bond donors (Lipinski definition) is 1. The Kier molecular flexibility index (Phi) is 2.74. The molecule has 1 N–H and O–H groups in total. The number of rotatable bonds is 0. The molecule has 3 nitrogen and oxygen atoms in total. The molecule has 0 bridgehead atoms. The van der Waals surface area contributed by atoms with E-state index in [2.05, 4.69) is 4.98 Å². The fourth-order valence-electron chi connectivity index (χ4n) is 2.84. The van der Waals surface area contributed by atoms with Gasteiger partial charge in [-0.15, -0.1) is 11.6 Å². The van der Waals surface area contributed by atoms with Crippen LogP contribution in [0.5, 0.6) is 0 Å². The van der Waals surface area contributed by atoms with Crippen LogP contribution >= 0.6 is 23.4 Å². The summed E-state index contributed by atoms with van der Waals surface area (Å²) in [6.45, 7) is 0. The zero-order valence-corrected chi connectivity index (χ0v) is 12.3. The van der Waals surface area contributed by atoms with Gasteiger partial charge in [-0.2, -0.15) is 0 Å². The summed E-state index contributed by atoms with van der Waals surface area (Å²) in [5.74, 6) is -0.339. The molecule has 0 fully saturated rings. The lowest BCUT2D eigenvalue weighted by atomic mass is 10.0. The SMILES string of the molecule is O=C1C(Cl)c2c([nH]c3ccccc23)-c2ccccc2N1Cl. The van der Waals surface area contributed by atoms with Gasteiger partial charge in [0.25, 0.3) is 5.91 Å². The van der Waals surface area contributed by atoms with Crippen LogP contribution in [0.25, 0.3) is 22.2 Å². The van der Waals surface area contributed by atoms with Crippen molar-refractivity contribution < 1.29 is 4.79 Å². The van der Waals surface area contributed by atoms with Crippen LogP contribution in [0.3, 0.4) is 0 Å². The van der Waals surface area contributed by atoms with E-state index < -0.39 is 5.38 Å². The third-order valence-electron chi connectivity index (χ3n) is 3.79. The first-order chi connectivity index (χ1) is 10.2. The number of halogens is 2. The number of H-pyrrole nitrogens is 1. The first-order valence-corrected chi connectivity index (χ1v) is 7.30. The smallest absolute Gasteiger partial charge is 0.264 e. The lowest BCUT2D eigenvalue weighted by Gasteiger charge is -2.15. The van der Waals surface area contributed by atoms with Crippen molar-refractivity contribution in [1.29, 1.82) is 0 Å². The highest BCUT2D eigenvalue weighted by Crippen LogP contribution is 2.45. The van der Waals surface area contributed by atoms with Crippen LogP contribution in [0.15, 0.2) is 48.5 Å². The van der Waals surface area contributed by atoms with Crippen molar-refractivity contribution in [1.82, 2.24) is 4.98 Å². The monoisotopic (exact) mass is 316 g/mol. The van der Waals surface area contributed by atoms with E-state index in [-0.39, 0.29) is 5.91 Å². The van der Waals surface area contributed by atoms with Gasteiger partial charge < -0.3 is 4.98 Å². The summed E-state index contributed by atoms with van der Waals surface area (Å²) >= 11 is 12.6. The van der Waals surface area contributed by atoms with Gasteiger partial charge in [0.05, 0.1) is 11.4 Å². The number of aromatic amines is 1. The maximum atomic E-state index is 12.5. The second-order valence-electron chi connectivity index (χ2n) is 4.96. The molecule has 1 amide bonds. The topological polar surface area (TPSA) is 36.1 Å². The number of para-hydroxylation sites is 2. The number of anilines is 1. The number of amides is 1. The summed E-state index contributed by atoms with van der Waals surface area (Å²) in [5, 5.41) is 0.128. The number of nitrogens with zero attached hydrogens (tertiary/aromatic N) is 1. The van der Waals surface area contributed by atoms with Crippen LogP contribution in [0.2, 0.25) is 0 Å². The molecule has 2 heterocycles. The lowest BCUT2D eigenvalue weighted by Crippen LogP contribution is -2.23. The molecule has 1 unspecified atom stereocenters. The van der Waals surface area contributed by atoms with E-state index in [1.165, 1.54) is 0 Å². The van der Waals surface area contributed by atoms with Gasteiger partial charge in [0.15, 0.2) is 0 Å². The molecule has 4 rings (SSSR count). The van der Waals surface area contributed by atoms with Crippen molar-refractivity contribution in [3.05, 3.63) is 54.1 Å². The fourth-order valence-corrected chi connectivity index (χ4v) is 3.46. The van der Waals surface area contributed by atoms with E-state index in [0.717, 1.165) is 32.1 Å². The maximum absolute atomic E-state index is 12.5. The Morgan fingerprint density at radius 3 is 2.62 bits per heavy atom. The van der Waals surface area contributed by atoms with Crippen molar-refractivity contribution >= 4 is 45.9 Å². The zero-order chi connectivity index (χ0) is 14.6. The van der Waals surface area contributed by atoms with Gasteiger partial charge in [0.2, 0.25) is 0 Å². The van der Waals surface area contributed by atoms with E-state index >= 15 is 0 Å². The van der Waals surface area contributed by atoms with Crippen molar-refractivity contribution in [3.8, 4) is 11.3 Å². The molecular weight excluding hydrogens is 307 g/mol. The van der Waals surface area contributed by atoms with Gasteiger partial charge >= 0.3 is 0 Å². The summed E-state index contributed by atoms with van der Waals surface area (Å²) < 4.78 is 1.11. The Hall–Kier alpha value is -1.97. The van der Waals surface area contributed by atoms with Crippen LogP contribution in [0.1, 0.15) is 10.9 Å². The number of benzene rings is 2. The molecule has 1 aliphatic heterocycles. The molecule has 104 valence electrons. The average Bonchev–Trinajstić information content (AvgIpc) is 2.88. The molecule has 0 spiro atoms. The summed E-state index contributed by atoms with van der Waals surface area (Å²) in [7, 11) is 0. The Bertz CT molecular complexity index is 872. The van der Waals surface area contributed by atoms with Gasteiger partial charge in [-0.1, -0.05) is 36.4 Å². The Morgan fingerprint density at radius 1 is 1.05 bits per heavy atom. The number of carbonyl (C=O) groups excluding carboxylic acids is 1. The van der Waals surface area contributed by atoms with Crippen molar-refractivity contribution in [3.63, 3.8) is 0 Å². The van der Waals surface area contributed by atoms with E-state index in [4.69, 9.17) is 23.4 Å². The first-order valence-electron chi connectivity index (χ1n) is 6.52. The fraction of sp³-hybridized carbons (Fsp3) is 0.0625. The van der Waals surface area contributed by atoms with Crippen molar-refractivity contribution in [2.24, 2.45) is 0 Å². The van der Waals surface area contributed by atoms with Crippen LogP contribution < -0.4 is 4.42 Å². The Morgan fingerprint density at radius 2 is 1.76 bits per heavy atom. The largest absolute Gasteiger partial charge is 0.354 e. The van der Waals surface area contributed by atoms with Crippen molar-refractivity contribution in [2.75, 3.05) is 4.42 Å². The molecule has 1 aromatic heterocycles.